The van der Waals surface area contributed by atoms with Crippen LogP contribution < -0.4 is 10.5 Å². The fourth-order valence-corrected chi connectivity index (χ4v) is 1.85. The van der Waals surface area contributed by atoms with Crippen molar-refractivity contribution in [2.75, 3.05) is 13.7 Å². The molecule has 0 fully saturated rings. The summed E-state index contributed by atoms with van der Waals surface area (Å²) in [4.78, 5) is 0. The first-order valence-electron chi connectivity index (χ1n) is 5.45. The summed E-state index contributed by atoms with van der Waals surface area (Å²) < 4.78 is 10.8. The second-order valence-electron chi connectivity index (χ2n) is 3.95. The summed E-state index contributed by atoms with van der Waals surface area (Å²) in [6.07, 6.45) is 3.00. The van der Waals surface area contributed by atoms with Gasteiger partial charge in [-0.15, -0.1) is 0 Å². The predicted octanol–water partition coefficient (Wildman–Crippen LogP) is 2.31. The maximum Gasteiger partial charge on any atom is 0.122 e. The number of rotatable bonds is 3. The van der Waals surface area contributed by atoms with Gasteiger partial charge in [-0.3, -0.25) is 0 Å². The molecule has 1 aliphatic heterocycles. The van der Waals surface area contributed by atoms with Crippen molar-refractivity contribution >= 4 is 0 Å². The number of hydrogen-bond donors (Lipinski definition) is 1. The van der Waals surface area contributed by atoms with Crippen LogP contribution in [-0.4, -0.2) is 13.7 Å². The molecule has 0 saturated heterocycles. The number of ether oxygens (including phenoxy) is 2. The first kappa shape index (κ1) is 11.0. The lowest BCUT2D eigenvalue weighted by Crippen LogP contribution is -2.13. The molecule has 2 rings (SSSR count). The van der Waals surface area contributed by atoms with E-state index in [1.807, 2.05) is 25.1 Å². The molecule has 1 aromatic carbocycles. The molecule has 1 unspecified atom stereocenters. The van der Waals surface area contributed by atoms with Crippen LogP contribution >= 0.6 is 0 Å². The first-order chi connectivity index (χ1) is 7.72. The Morgan fingerprint density at radius 2 is 2.25 bits per heavy atom. The van der Waals surface area contributed by atoms with Crippen LogP contribution in [0.5, 0.6) is 5.75 Å². The van der Waals surface area contributed by atoms with Gasteiger partial charge in [-0.05, 0) is 30.2 Å². The first-order valence-corrected chi connectivity index (χ1v) is 5.45. The minimum Gasteiger partial charge on any atom is -0.496 e. The molecule has 0 saturated carbocycles. The van der Waals surface area contributed by atoms with E-state index >= 15 is 0 Å². The average molecular weight is 219 g/mol. The molecule has 3 nitrogen and oxygen atoms in total. The predicted molar refractivity (Wildman–Crippen MR) is 63.3 cm³/mol. The van der Waals surface area contributed by atoms with Crippen molar-refractivity contribution in [2.45, 2.75) is 19.4 Å². The Balaban J connectivity index is 2.26. The van der Waals surface area contributed by atoms with Gasteiger partial charge in [0.1, 0.15) is 11.5 Å². The molecular formula is C13H17NO2. The smallest absolute Gasteiger partial charge is 0.122 e. The van der Waals surface area contributed by atoms with Gasteiger partial charge in [-0.2, -0.15) is 0 Å². The third-order valence-corrected chi connectivity index (χ3v) is 2.83. The van der Waals surface area contributed by atoms with E-state index < -0.39 is 0 Å². The zero-order valence-corrected chi connectivity index (χ0v) is 9.69. The molecular weight excluding hydrogens is 202 g/mol. The van der Waals surface area contributed by atoms with Crippen molar-refractivity contribution in [3.63, 3.8) is 0 Å². The Morgan fingerprint density at radius 1 is 1.44 bits per heavy atom. The summed E-state index contributed by atoms with van der Waals surface area (Å²) in [6.45, 7) is 2.76. The van der Waals surface area contributed by atoms with Crippen molar-refractivity contribution in [3.05, 3.63) is 41.2 Å². The molecule has 3 heteroatoms. The van der Waals surface area contributed by atoms with Gasteiger partial charge >= 0.3 is 0 Å². The molecule has 0 radical (unpaired) electrons. The molecule has 0 aromatic heterocycles. The Morgan fingerprint density at radius 3 is 2.88 bits per heavy atom. The van der Waals surface area contributed by atoms with E-state index in [4.69, 9.17) is 15.2 Å². The SMILES string of the molecule is COc1cc(C(N)C2=CCCO2)ccc1C. The lowest BCUT2D eigenvalue weighted by atomic mass is 10.0. The highest BCUT2D eigenvalue weighted by atomic mass is 16.5. The normalized spacial score (nSPS) is 16.6. The highest BCUT2D eigenvalue weighted by molar-refractivity contribution is 5.39. The summed E-state index contributed by atoms with van der Waals surface area (Å²) in [7, 11) is 1.67. The highest BCUT2D eigenvalue weighted by Crippen LogP contribution is 2.28. The van der Waals surface area contributed by atoms with Gasteiger partial charge in [0, 0.05) is 6.42 Å². The molecule has 1 aliphatic rings. The molecule has 0 amide bonds. The summed E-state index contributed by atoms with van der Waals surface area (Å²) >= 11 is 0. The van der Waals surface area contributed by atoms with E-state index in [9.17, 15) is 0 Å². The maximum absolute atomic E-state index is 6.13. The Hall–Kier alpha value is -1.48. The zero-order valence-electron chi connectivity index (χ0n) is 9.69. The Bertz CT molecular complexity index is 412. The van der Waals surface area contributed by atoms with Gasteiger partial charge in [0.05, 0.1) is 19.8 Å². The fourth-order valence-electron chi connectivity index (χ4n) is 1.85. The number of hydrogen-bond acceptors (Lipinski definition) is 3. The van der Waals surface area contributed by atoms with E-state index in [-0.39, 0.29) is 6.04 Å². The number of nitrogens with two attached hydrogens (primary N) is 1. The van der Waals surface area contributed by atoms with Crippen molar-refractivity contribution < 1.29 is 9.47 Å². The van der Waals surface area contributed by atoms with Crippen molar-refractivity contribution in [1.82, 2.24) is 0 Å². The van der Waals surface area contributed by atoms with Gasteiger partial charge in [-0.1, -0.05) is 12.1 Å². The molecule has 1 atom stereocenters. The van der Waals surface area contributed by atoms with E-state index in [1.165, 1.54) is 0 Å². The second-order valence-corrected chi connectivity index (χ2v) is 3.95. The largest absolute Gasteiger partial charge is 0.496 e. The van der Waals surface area contributed by atoms with E-state index in [0.29, 0.717) is 0 Å². The van der Waals surface area contributed by atoms with Gasteiger partial charge in [0.15, 0.2) is 0 Å². The minimum absolute atomic E-state index is 0.183. The summed E-state index contributed by atoms with van der Waals surface area (Å²) in [5.41, 5.74) is 8.26. The third-order valence-electron chi connectivity index (χ3n) is 2.83. The van der Waals surface area contributed by atoms with Crippen LogP contribution in [0.4, 0.5) is 0 Å². The summed E-state index contributed by atoms with van der Waals surface area (Å²) in [6, 6.07) is 5.83. The number of methoxy groups -OCH3 is 1. The summed E-state index contributed by atoms with van der Waals surface area (Å²) in [5, 5.41) is 0. The van der Waals surface area contributed by atoms with Crippen LogP contribution in [0, 0.1) is 6.92 Å². The lowest BCUT2D eigenvalue weighted by molar-refractivity contribution is 0.225. The lowest BCUT2D eigenvalue weighted by Gasteiger charge is -2.15. The minimum atomic E-state index is -0.183. The van der Waals surface area contributed by atoms with E-state index in [1.54, 1.807) is 7.11 Å². The molecule has 1 heterocycles. The van der Waals surface area contributed by atoms with Gasteiger partial charge in [0.25, 0.3) is 0 Å². The number of benzene rings is 1. The molecule has 1 aromatic rings. The monoisotopic (exact) mass is 219 g/mol. The van der Waals surface area contributed by atoms with Gasteiger partial charge in [0.2, 0.25) is 0 Å². The molecule has 0 bridgehead atoms. The van der Waals surface area contributed by atoms with Gasteiger partial charge < -0.3 is 15.2 Å². The van der Waals surface area contributed by atoms with Gasteiger partial charge in [-0.25, -0.2) is 0 Å². The van der Waals surface area contributed by atoms with Crippen LogP contribution in [0.3, 0.4) is 0 Å². The molecule has 16 heavy (non-hydrogen) atoms. The van der Waals surface area contributed by atoms with E-state index in [0.717, 1.165) is 35.7 Å². The van der Waals surface area contributed by atoms with Crippen molar-refractivity contribution in [2.24, 2.45) is 5.73 Å². The topological polar surface area (TPSA) is 44.5 Å². The van der Waals surface area contributed by atoms with Crippen LogP contribution in [-0.2, 0) is 4.74 Å². The fraction of sp³-hybridized carbons (Fsp3) is 0.385. The molecule has 2 N–H and O–H groups in total. The Kier molecular flexibility index (Phi) is 3.15. The standard InChI is InChI=1S/C13H17NO2/c1-9-5-6-10(8-12(9)15-2)13(14)11-4-3-7-16-11/h4-6,8,13H,3,7,14H2,1-2H3. The van der Waals surface area contributed by atoms with Crippen LogP contribution in [0.25, 0.3) is 0 Å². The second kappa shape index (κ2) is 4.58. The van der Waals surface area contributed by atoms with Crippen LogP contribution in [0.2, 0.25) is 0 Å². The third kappa shape index (κ3) is 2.04. The highest BCUT2D eigenvalue weighted by Gasteiger charge is 2.17. The Labute approximate surface area is 95.9 Å². The molecule has 86 valence electrons. The number of aryl methyl sites for hydroxylation is 1. The van der Waals surface area contributed by atoms with Crippen molar-refractivity contribution in [1.29, 1.82) is 0 Å². The van der Waals surface area contributed by atoms with Crippen molar-refractivity contribution in [3.8, 4) is 5.75 Å². The molecule has 0 spiro atoms. The zero-order chi connectivity index (χ0) is 11.5. The quantitative estimate of drug-likeness (QED) is 0.848. The van der Waals surface area contributed by atoms with Crippen LogP contribution in [0.1, 0.15) is 23.6 Å². The molecule has 0 aliphatic carbocycles. The summed E-state index contributed by atoms with van der Waals surface area (Å²) in [5.74, 6) is 1.73. The van der Waals surface area contributed by atoms with Crippen LogP contribution in [0.15, 0.2) is 30.0 Å². The average Bonchev–Trinajstić information content (AvgIpc) is 2.82. The van der Waals surface area contributed by atoms with E-state index in [2.05, 4.69) is 6.08 Å². The maximum atomic E-state index is 6.13.